The highest BCUT2D eigenvalue weighted by molar-refractivity contribution is 5.31. The monoisotopic (exact) mass is 203 g/mol. The number of rotatable bonds is 3. The third kappa shape index (κ3) is 2.40. The highest BCUT2D eigenvalue weighted by Crippen LogP contribution is 2.31. The minimum absolute atomic E-state index is 0.485. The maximum Gasteiger partial charge on any atom is 0.0294 e. The number of hydrogen-bond donors (Lipinski definition) is 1. The molecule has 1 aliphatic carbocycles. The number of nitrogens with one attached hydrogen (secondary N) is 1. The summed E-state index contributed by atoms with van der Waals surface area (Å²) in [7, 11) is 0. The fraction of sp³-hybridized carbons (Fsp3) is 0.571. The summed E-state index contributed by atoms with van der Waals surface area (Å²) in [5.41, 5.74) is 4.19. The van der Waals surface area contributed by atoms with Crippen LogP contribution in [-0.4, -0.2) is 6.04 Å². The van der Waals surface area contributed by atoms with Gasteiger partial charge in [0.05, 0.1) is 0 Å². The third-order valence-electron chi connectivity index (χ3n) is 3.60. The van der Waals surface area contributed by atoms with Crippen LogP contribution in [0.2, 0.25) is 0 Å². The fourth-order valence-electron chi connectivity index (χ4n) is 2.01. The summed E-state index contributed by atoms with van der Waals surface area (Å²) >= 11 is 0. The maximum absolute atomic E-state index is 3.67. The van der Waals surface area contributed by atoms with Crippen LogP contribution in [0.15, 0.2) is 18.2 Å². The summed E-state index contributed by atoms with van der Waals surface area (Å²) in [6, 6.07) is 8.01. The molecule has 1 aromatic rings. The van der Waals surface area contributed by atoms with Gasteiger partial charge in [-0.05, 0) is 49.8 Å². The predicted octanol–water partition coefficient (Wildman–Crippen LogP) is 3.36. The summed E-state index contributed by atoms with van der Waals surface area (Å²) in [5.74, 6) is 0.874. The van der Waals surface area contributed by atoms with Crippen molar-refractivity contribution in [1.82, 2.24) is 5.32 Å². The zero-order valence-electron chi connectivity index (χ0n) is 10.2. The van der Waals surface area contributed by atoms with E-state index in [0.717, 1.165) is 12.0 Å². The van der Waals surface area contributed by atoms with Crippen molar-refractivity contribution >= 4 is 0 Å². The Hall–Kier alpha value is -0.820. The molecule has 1 aromatic carbocycles. The number of benzene rings is 1. The Bertz CT molecular complexity index is 356. The molecule has 3 unspecified atom stereocenters. The van der Waals surface area contributed by atoms with Crippen LogP contribution in [0.1, 0.15) is 43.0 Å². The Morgan fingerprint density at radius 3 is 2.47 bits per heavy atom. The van der Waals surface area contributed by atoms with E-state index in [9.17, 15) is 0 Å². The van der Waals surface area contributed by atoms with Gasteiger partial charge in [0.1, 0.15) is 0 Å². The van der Waals surface area contributed by atoms with E-state index in [4.69, 9.17) is 0 Å². The lowest BCUT2D eigenvalue weighted by atomic mass is 10.0. The molecule has 1 nitrogen and oxygen atoms in total. The maximum atomic E-state index is 3.67. The van der Waals surface area contributed by atoms with Gasteiger partial charge in [0, 0.05) is 12.1 Å². The van der Waals surface area contributed by atoms with Crippen molar-refractivity contribution < 1.29 is 0 Å². The van der Waals surface area contributed by atoms with Crippen molar-refractivity contribution in [3.63, 3.8) is 0 Å². The van der Waals surface area contributed by atoms with Gasteiger partial charge < -0.3 is 5.32 Å². The molecular formula is C14H21N. The van der Waals surface area contributed by atoms with Crippen LogP contribution >= 0.6 is 0 Å². The lowest BCUT2D eigenvalue weighted by Crippen LogP contribution is -2.22. The molecule has 3 atom stereocenters. The second-order valence-electron chi connectivity index (χ2n) is 5.05. The van der Waals surface area contributed by atoms with Crippen molar-refractivity contribution in [2.45, 2.75) is 46.2 Å². The third-order valence-corrected chi connectivity index (χ3v) is 3.60. The van der Waals surface area contributed by atoms with Crippen LogP contribution in [0.5, 0.6) is 0 Å². The van der Waals surface area contributed by atoms with Crippen molar-refractivity contribution in [2.75, 3.05) is 0 Å². The highest BCUT2D eigenvalue weighted by Gasteiger charge is 2.33. The highest BCUT2D eigenvalue weighted by atomic mass is 15.0. The Morgan fingerprint density at radius 2 is 1.93 bits per heavy atom. The molecule has 0 amide bonds. The summed E-state index contributed by atoms with van der Waals surface area (Å²) in [4.78, 5) is 0. The van der Waals surface area contributed by atoms with Gasteiger partial charge in [0.25, 0.3) is 0 Å². The number of hydrogen-bond acceptors (Lipinski definition) is 1. The average molecular weight is 203 g/mol. The van der Waals surface area contributed by atoms with Crippen LogP contribution in [0.4, 0.5) is 0 Å². The van der Waals surface area contributed by atoms with Crippen molar-refractivity contribution in [3.05, 3.63) is 34.9 Å². The summed E-state index contributed by atoms with van der Waals surface area (Å²) in [6.07, 6.45) is 1.34. The topological polar surface area (TPSA) is 12.0 Å². The van der Waals surface area contributed by atoms with Gasteiger partial charge in [0.15, 0.2) is 0 Å². The molecule has 1 fully saturated rings. The second-order valence-corrected chi connectivity index (χ2v) is 5.05. The number of aryl methyl sites for hydroxylation is 2. The first-order chi connectivity index (χ1) is 7.08. The van der Waals surface area contributed by atoms with Gasteiger partial charge in [-0.1, -0.05) is 25.1 Å². The van der Waals surface area contributed by atoms with Gasteiger partial charge in [-0.15, -0.1) is 0 Å². The molecule has 1 saturated carbocycles. The smallest absolute Gasteiger partial charge is 0.0294 e. The zero-order valence-corrected chi connectivity index (χ0v) is 10.2. The molecule has 0 bridgehead atoms. The molecule has 82 valence electrons. The molecule has 1 N–H and O–H groups in total. The Labute approximate surface area is 92.9 Å². The van der Waals surface area contributed by atoms with E-state index >= 15 is 0 Å². The fourth-order valence-corrected chi connectivity index (χ4v) is 2.01. The average Bonchev–Trinajstić information content (AvgIpc) is 2.86. The molecule has 0 spiro atoms. The molecule has 1 aliphatic rings. The van der Waals surface area contributed by atoms with E-state index in [0.29, 0.717) is 6.04 Å². The van der Waals surface area contributed by atoms with Crippen molar-refractivity contribution in [3.8, 4) is 0 Å². The van der Waals surface area contributed by atoms with Crippen LogP contribution in [0.3, 0.4) is 0 Å². The van der Waals surface area contributed by atoms with Crippen LogP contribution < -0.4 is 5.32 Å². The van der Waals surface area contributed by atoms with E-state index < -0.39 is 0 Å². The quantitative estimate of drug-likeness (QED) is 0.794. The van der Waals surface area contributed by atoms with Crippen LogP contribution in [0.25, 0.3) is 0 Å². The van der Waals surface area contributed by atoms with Gasteiger partial charge in [0.2, 0.25) is 0 Å². The summed E-state index contributed by atoms with van der Waals surface area (Å²) in [6.45, 7) is 8.92. The summed E-state index contributed by atoms with van der Waals surface area (Å²) in [5, 5.41) is 3.67. The van der Waals surface area contributed by atoms with Gasteiger partial charge in [-0.25, -0.2) is 0 Å². The van der Waals surface area contributed by atoms with Gasteiger partial charge >= 0.3 is 0 Å². The second kappa shape index (κ2) is 3.97. The molecule has 15 heavy (non-hydrogen) atoms. The van der Waals surface area contributed by atoms with Gasteiger partial charge in [-0.2, -0.15) is 0 Å². The van der Waals surface area contributed by atoms with E-state index in [2.05, 4.69) is 51.2 Å². The van der Waals surface area contributed by atoms with E-state index in [1.54, 1.807) is 0 Å². The lowest BCUT2D eigenvalue weighted by molar-refractivity contribution is 0.551. The largest absolute Gasteiger partial charge is 0.307 e. The van der Waals surface area contributed by atoms with Crippen molar-refractivity contribution in [2.24, 2.45) is 5.92 Å². The lowest BCUT2D eigenvalue weighted by Gasteiger charge is -2.15. The van der Waals surface area contributed by atoms with E-state index in [1.165, 1.54) is 23.1 Å². The summed E-state index contributed by atoms with van der Waals surface area (Å²) < 4.78 is 0. The first kappa shape index (κ1) is 10.7. The molecule has 0 aromatic heterocycles. The molecule has 1 heteroatoms. The zero-order chi connectivity index (χ0) is 11.0. The minimum Gasteiger partial charge on any atom is -0.307 e. The molecular weight excluding hydrogens is 182 g/mol. The SMILES string of the molecule is Cc1ccc(C(C)NC2CC2C)cc1C. The Morgan fingerprint density at radius 1 is 1.27 bits per heavy atom. The predicted molar refractivity (Wildman–Crippen MR) is 65.0 cm³/mol. The first-order valence-electron chi connectivity index (χ1n) is 5.91. The van der Waals surface area contributed by atoms with E-state index in [1.807, 2.05) is 0 Å². The molecule has 0 aliphatic heterocycles. The molecule has 0 saturated heterocycles. The van der Waals surface area contributed by atoms with Gasteiger partial charge in [-0.3, -0.25) is 0 Å². The standard InChI is InChI=1S/C14H21N/c1-9-5-6-13(7-10(9)2)12(4)15-14-8-11(14)3/h5-7,11-12,14-15H,8H2,1-4H3. The normalized spacial score (nSPS) is 26.4. The van der Waals surface area contributed by atoms with Crippen molar-refractivity contribution in [1.29, 1.82) is 0 Å². The molecule has 2 rings (SSSR count). The van der Waals surface area contributed by atoms with Crippen LogP contribution in [0, 0.1) is 19.8 Å². The van der Waals surface area contributed by atoms with E-state index in [-0.39, 0.29) is 0 Å². The first-order valence-corrected chi connectivity index (χ1v) is 5.91. The Kier molecular flexibility index (Phi) is 2.83. The minimum atomic E-state index is 0.485. The Balaban J connectivity index is 2.04. The molecule has 0 radical (unpaired) electrons. The molecule has 0 heterocycles. The van der Waals surface area contributed by atoms with Crippen LogP contribution in [-0.2, 0) is 0 Å².